The van der Waals surface area contributed by atoms with Gasteiger partial charge in [-0.05, 0) is 75.0 Å². The van der Waals surface area contributed by atoms with Gasteiger partial charge in [0, 0.05) is 12.0 Å². The number of rotatable bonds is 3. The highest BCUT2D eigenvalue weighted by molar-refractivity contribution is 5.77. The Morgan fingerprint density at radius 1 is 0.947 bits per heavy atom. The fraction of sp³-hybridized carbons (Fsp3) is 0.941. The topological polar surface area (TPSA) is 29.1 Å². The Kier molecular flexibility index (Phi) is 2.89. The molecule has 5 aliphatic carbocycles. The van der Waals surface area contributed by atoms with Gasteiger partial charge in [-0.25, -0.2) is 0 Å². The van der Waals surface area contributed by atoms with Gasteiger partial charge in [0.25, 0.3) is 0 Å². The van der Waals surface area contributed by atoms with E-state index in [2.05, 4.69) is 5.32 Å². The number of carbonyl (C=O) groups is 1. The van der Waals surface area contributed by atoms with Crippen LogP contribution in [0, 0.1) is 23.7 Å². The van der Waals surface area contributed by atoms with Gasteiger partial charge in [0.05, 0.1) is 0 Å². The molecule has 2 heteroatoms. The first-order valence-corrected chi connectivity index (χ1v) is 8.52. The summed E-state index contributed by atoms with van der Waals surface area (Å²) < 4.78 is 0. The van der Waals surface area contributed by atoms with Gasteiger partial charge >= 0.3 is 0 Å². The minimum atomic E-state index is 0.227. The lowest BCUT2D eigenvalue weighted by Crippen LogP contribution is -2.59. The van der Waals surface area contributed by atoms with Crippen molar-refractivity contribution in [2.24, 2.45) is 23.7 Å². The standard InChI is InChI=1S/C17H27NO/c19-16(8-12-3-1-2-4-12)18-17-9-13-5-14(10-17)7-15(6-13)11-17/h12-15H,1-11H2,(H,18,19). The number of carbonyl (C=O) groups excluding carboxylic acids is 1. The van der Waals surface area contributed by atoms with Crippen LogP contribution < -0.4 is 5.32 Å². The van der Waals surface area contributed by atoms with Crippen molar-refractivity contribution in [2.75, 3.05) is 0 Å². The fourth-order valence-corrected chi connectivity index (χ4v) is 6.09. The molecule has 0 aromatic heterocycles. The third-order valence-corrected chi connectivity index (χ3v) is 6.39. The van der Waals surface area contributed by atoms with Crippen molar-refractivity contribution in [1.29, 1.82) is 0 Å². The second-order valence-electron chi connectivity index (χ2n) is 8.10. The van der Waals surface area contributed by atoms with E-state index < -0.39 is 0 Å². The average molecular weight is 261 g/mol. The van der Waals surface area contributed by atoms with Crippen LogP contribution in [0.3, 0.4) is 0 Å². The normalized spacial score (nSPS) is 44.7. The van der Waals surface area contributed by atoms with Crippen LogP contribution in [0.4, 0.5) is 0 Å². The second-order valence-corrected chi connectivity index (χ2v) is 8.10. The molecule has 0 aromatic carbocycles. The van der Waals surface area contributed by atoms with E-state index in [9.17, 15) is 4.79 Å². The summed E-state index contributed by atoms with van der Waals surface area (Å²) in [5, 5.41) is 3.51. The molecular formula is C17H27NO. The van der Waals surface area contributed by atoms with Crippen LogP contribution in [-0.2, 0) is 4.79 Å². The lowest BCUT2D eigenvalue weighted by Gasteiger charge is -2.57. The van der Waals surface area contributed by atoms with E-state index in [4.69, 9.17) is 0 Å². The van der Waals surface area contributed by atoms with Gasteiger partial charge in [0.1, 0.15) is 0 Å². The van der Waals surface area contributed by atoms with Crippen LogP contribution in [0.15, 0.2) is 0 Å². The molecule has 0 aliphatic heterocycles. The SMILES string of the molecule is O=C(CC1CCCC1)NC12CC3CC(CC(C3)C1)C2. The first kappa shape index (κ1) is 12.2. The predicted molar refractivity (Wildman–Crippen MR) is 75.6 cm³/mol. The molecule has 0 atom stereocenters. The Balaban J connectivity index is 1.40. The summed E-state index contributed by atoms with van der Waals surface area (Å²) in [5.41, 5.74) is 0.227. The minimum absolute atomic E-state index is 0.227. The number of hydrogen-bond donors (Lipinski definition) is 1. The minimum Gasteiger partial charge on any atom is -0.351 e. The molecule has 5 rings (SSSR count). The number of amides is 1. The first-order valence-electron chi connectivity index (χ1n) is 8.52. The molecule has 5 aliphatic rings. The smallest absolute Gasteiger partial charge is 0.220 e. The predicted octanol–water partition coefficient (Wildman–Crippen LogP) is 3.65. The summed E-state index contributed by atoms with van der Waals surface area (Å²) in [6.07, 6.45) is 14.3. The van der Waals surface area contributed by atoms with Gasteiger partial charge in [-0.1, -0.05) is 12.8 Å². The largest absolute Gasteiger partial charge is 0.351 e. The molecule has 0 radical (unpaired) electrons. The van der Waals surface area contributed by atoms with Crippen molar-refractivity contribution in [3.05, 3.63) is 0 Å². The van der Waals surface area contributed by atoms with E-state index in [0.29, 0.717) is 11.8 Å². The summed E-state index contributed by atoms with van der Waals surface area (Å²) in [7, 11) is 0. The molecule has 5 fully saturated rings. The third kappa shape index (κ3) is 2.32. The Labute approximate surface area is 116 Å². The van der Waals surface area contributed by atoms with E-state index in [-0.39, 0.29) is 5.54 Å². The molecule has 0 spiro atoms. The fourth-order valence-electron chi connectivity index (χ4n) is 6.09. The molecule has 2 nitrogen and oxygen atoms in total. The number of hydrogen-bond acceptors (Lipinski definition) is 1. The molecule has 19 heavy (non-hydrogen) atoms. The maximum absolute atomic E-state index is 12.4. The van der Waals surface area contributed by atoms with Gasteiger partial charge in [-0.15, -0.1) is 0 Å². The summed E-state index contributed by atoms with van der Waals surface area (Å²) in [4.78, 5) is 12.4. The lowest BCUT2D eigenvalue weighted by molar-refractivity contribution is -0.127. The van der Waals surface area contributed by atoms with Crippen LogP contribution in [-0.4, -0.2) is 11.4 Å². The second kappa shape index (κ2) is 4.49. The molecule has 106 valence electrons. The summed E-state index contributed by atoms with van der Waals surface area (Å²) in [6, 6.07) is 0. The Hall–Kier alpha value is -0.530. The van der Waals surface area contributed by atoms with Gasteiger partial charge in [0.2, 0.25) is 5.91 Å². The van der Waals surface area contributed by atoms with Crippen molar-refractivity contribution >= 4 is 5.91 Å². The van der Waals surface area contributed by atoms with E-state index in [1.54, 1.807) is 0 Å². The van der Waals surface area contributed by atoms with Crippen molar-refractivity contribution < 1.29 is 4.79 Å². The molecule has 5 saturated carbocycles. The number of nitrogens with one attached hydrogen (secondary N) is 1. The third-order valence-electron chi connectivity index (χ3n) is 6.39. The highest BCUT2D eigenvalue weighted by Gasteiger charge is 2.51. The molecule has 4 bridgehead atoms. The van der Waals surface area contributed by atoms with E-state index in [1.165, 1.54) is 64.2 Å². The van der Waals surface area contributed by atoms with E-state index in [0.717, 1.165) is 24.2 Å². The van der Waals surface area contributed by atoms with Crippen molar-refractivity contribution in [2.45, 2.75) is 76.2 Å². The van der Waals surface area contributed by atoms with Gasteiger partial charge in [-0.2, -0.15) is 0 Å². The maximum Gasteiger partial charge on any atom is 0.220 e. The Morgan fingerprint density at radius 3 is 2.00 bits per heavy atom. The van der Waals surface area contributed by atoms with Crippen molar-refractivity contribution in [3.63, 3.8) is 0 Å². The van der Waals surface area contributed by atoms with Crippen LogP contribution in [0.2, 0.25) is 0 Å². The first-order chi connectivity index (χ1) is 9.21. The summed E-state index contributed by atoms with van der Waals surface area (Å²) >= 11 is 0. The van der Waals surface area contributed by atoms with E-state index >= 15 is 0 Å². The molecular weight excluding hydrogens is 234 g/mol. The summed E-state index contributed by atoms with van der Waals surface area (Å²) in [5.74, 6) is 3.84. The van der Waals surface area contributed by atoms with Crippen LogP contribution in [0.25, 0.3) is 0 Å². The van der Waals surface area contributed by atoms with Crippen LogP contribution >= 0.6 is 0 Å². The van der Waals surface area contributed by atoms with E-state index in [1.807, 2.05) is 0 Å². The van der Waals surface area contributed by atoms with Crippen molar-refractivity contribution in [3.8, 4) is 0 Å². The maximum atomic E-state index is 12.4. The quantitative estimate of drug-likeness (QED) is 0.825. The highest BCUT2D eigenvalue weighted by Crippen LogP contribution is 2.55. The zero-order chi connectivity index (χ0) is 12.9. The zero-order valence-corrected chi connectivity index (χ0v) is 12.0. The van der Waals surface area contributed by atoms with Crippen LogP contribution in [0.1, 0.15) is 70.6 Å². The zero-order valence-electron chi connectivity index (χ0n) is 12.0. The molecule has 0 saturated heterocycles. The lowest BCUT2D eigenvalue weighted by atomic mass is 9.53. The molecule has 0 aromatic rings. The average Bonchev–Trinajstić information content (AvgIpc) is 2.78. The van der Waals surface area contributed by atoms with Gasteiger partial charge in [-0.3, -0.25) is 4.79 Å². The van der Waals surface area contributed by atoms with Gasteiger partial charge in [0.15, 0.2) is 0 Å². The Morgan fingerprint density at radius 2 is 1.47 bits per heavy atom. The Bertz CT molecular complexity index is 334. The highest BCUT2D eigenvalue weighted by atomic mass is 16.1. The van der Waals surface area contributed by atoms with Crippen molar-refractivity contribution in [1.82, 2.24) is 5.32 Å². The molecule has 1 amide bonds. The van der Waals surface area contributed by atoms with Crippen LogP contribution in [0.5, 0.6) is 0 Å². The monoisotopic (exact) mass is 261 g/mol. The molecule has 1 N–H and O–H groups in total. The molecule has 0 heterocycles. The molecule has 0 unspecified atom stereocenters. The van der Waals surface area contributed by atoms with Gasteiger partial charge < -0.3 is 5.32 Å². The summed E-state index contributed by atoms with van der Waals surface area (Å²) in [6.45, 7) is 0.